The number of carbonyl (C=O) groups excluding carboxylic acids is 1. The molecule has 0 fully saturated rings. The molecule has 5 nitrogen and oxygen atoms in total. The summed E-state index contributed by atoms with van der Waals surface area (Å²) in [6.07, 6.45) is -3.04. The Balaban J connectivity index is 2.22. The number of anilines is 1. The number of rotatable bonds is 7. The molecule has 1 amide bonds. The van der Waals surface area contributed by atoms with Gasteiger partial charge in [0.2, 0.25) is 5.91 Å². The predicted molar refractivity (Wildman–Crippen MR) is 89.0 cm³/mol. The molecule has 0 bridgehead atoms. The van der Waals surface area contributed by atoms with Gasteiger partial charge in [-0.1, -0.05) is 6.92 Å². The van der Waals surface area contributed by atoms with Crippen molar-refractivity contribution in [1.82, 2.24) is 14.8 Å². The molecule has 2 aromatic rings. The van der Waals surface area contributed by atoms with Gasteiger partial charge in [0.05, 0.1) is 29.5 Å². The van der Waals surface area contributed by atoms with E-state index in [0.717, 1.165) is 0 Å². The number of nitrogens with zero attached hydrogens (tertiary/aromatic N) is 4. The lowest BCUT2D eigenvalue weighted by Gasteiger charge is -2.24. The maximum Gasteiger partial charge on any atom is 0.453 e. The summed E-state index contributed by atoms with van der Waals surface area (Å²) in [5.74, 6) is -5.72. The highest BCUT2D eigenvalue weighted by molar-refractivity contribution is 5.93. The average molecular weight is 390 g/mol. The van der Waals surface area contributed by atoms with Crippen LogP contribution in [0.4, 0.5) is 27.6 Å². The lowest BCUT2D eigenvalue weighted by Crippen LogP contribution is -2.39. The van der Waals surface area contributed by atoms with E-state index in [-0.39, 0.29) is 6.54 Å². The van der Waals surface area contributed by atoms with Crippen LogP contribution in [0.3, 0.4) is 0 Å². The molecule has 0 spiro atoms. The van der Waals surface area contributed by atoms with Crippen LogP contribution in [0.5, 0.6) is 0 Å². The Kier molecular flexibility index (Phi) is 6.17. The SMILES string of the molecule is CCCN(C(=O)CCC(F)(F)C(F)(F)F)c1cn(-c2cccnc2)nc1C. The van der Waals surface area contributed by atoms with Crippen molar-refractivity contribution in [1.29, 1.82) is 0 Å². The van der Waals surface area contributed by atoms with E-state index in [9.17, 15) is 26.7 Å². The molecule has 2 heterocycles. The van der Waals surface area contributed by atoms with Crippen molar-refractivity contribution in [2.45, 2.75) is 45.2 Å². The maximum absolute atomic E-state index is 13.1. The van der Waals surface area contributed by atoms with Crippen molar-refractivity contribution < 1.29 is 26.7 Å². The number of amides is 1. The molecule has 0 radical (unpaired) electrons. The molecular formula is C17H19F5N4O. The van der Waals surface area contributed by atoms with Crippen molar-refractivity contribution >= 4 is 11.6 Å². The summed E-state index contributed by atoms with van der Waals surface area (Å²) in [5.41, 5.74) is 1.43. The zero-order valence-corrected chi connectivity index (χ0v) is 14.8. The fourth-order valence-electron chi connectivity index (χ4n) is 2.48. The van der Waals surface area contributed by atoms with Crippen LogP contribution in [-0.2, 0) is 4.79 Å². The quantitative estimate of drug-likeness (QED) is 0.663. The molecule has 0 aliphatic carbocycles. The lowest BCUT2D eigenvalue weighted by atomic mass is 10.1. The Morgan fingerprint density at radius 2 is 1.96 bits per heavy atom. The van der Waals surface area contributed by atoms with Crippen molar-refractivity contribution in [3.8, 4) is 5.69 Å². The van der Waals surface area contributed by atoms with Crippen LogP contribution in [-0.4, -0.2) is 39.3 Å². The first-order chi connectivity index (χ1) is 12.6. The van der Waals surface area contributed by atoms with Crippen molar-refractivity contribution in [3.05, 3.63) is 36.4 Å². The van der Waals surface area contributed by atoms with E-state index in [1.807, 2.05) is 0 Å². The molecule has 0 saturated heterocycles. The van der Waals surface area contributed by atoms with Crippen LogP contribution < -0.4 is 4.90 Å². The summed E-state index contributed by atoms with van der Waals surface area (Å²) in [6.45, 7) is 3.57. The maximum atomic E-state index is 13.1. The number of pyridine rings is 1. The molecule has 2 aromatic heterocycles. The van der Waals surface area contributed by atoms with Gasteiger partial charge in [-0.25, -0.2) is 4.68 Å². The van der Waals surface area contributed by atoms with E-state index in [1.165, 1.54) is 15.8 Å². The van der Waals surface area contributed by atoms with Crippen molar-refractivity contribution in [2.75, 3.05) is 11.4 Å². The van der Waals surface area contributed by atoms with Gasteiger partial charge in [-0.15, -0.1) is 0 Å². The van der Waals surface area contributed by atoms with Gasteiger partial charge in [-0.2, -0.15) is 27.1 Å². The number of alkyl halides is 5. The van der Waals surface area contributed by atoms with Gasteiger partial charge in [-0.05, 0) is 25.5 Å². The topological polar surface area (TPSA) is 51.0 Å². The third-order valence-electron chi connectivity index (χ3n) is 3.89. The number of hydrogen-bond donors (Lipinski definition) is 0. The number of aromatic nitrogens is 3. The fourth-order valence-corrected chi connectivity index (χ4v) is 2.48. The molecule has 0 atom stereocenters. The third-order valence-corrected chi connectivity index (χ3v) is 3.89. The van der Waals surface area contributed by atoms with E-state index in [4.69, 9.17) is 0 Å². The van der Waals surface area contributed by atoms with Crippen LogP contribution in [0.2, 0.25) is 0 Å². The number of aryl methyl sites for hydroxylation is 1. The predicted octanol–water partition coefficient (Wildman–Crippen LogP) is 4.30. The van der Waals surface area contributed by atoms with Gasteiger partial charge in [0.25, 0.3) is 0 Å². The minimum absolute atomic E-state index is 0.177. The number of hydrogen-bond acceptors (Lipinski definition) is 3. The van der Waals surface area contributed by atoms with Gasteiger partial charge in [-0.3, -0.25) is 9.78 Å². The summed E-state index contributed by atoms with van der Waals surface area (Å²) in [7, 11) is 0. The van der Waals surface area contributed by atoms with E-state index >= 15 is 0 Å². The van der Waals surface area contributed by atoms with Crippen LogP contribution in [0.25, 0.3) is 5.69 Å². The Morgan fingerprint density at radius 1 is 1.26 bits per heavy atom. The fraction of sp³-hybridized carbons (Fsp3) is 0.471. The first-order valence-corrected chi connectivity index (χ1v) is 8.28. The third kappa shape index (κ3) is 4.81. The van der Waals surface area contributed by atoms with Crippen LogP contribution in [0, 0.1) is 6.92 Å². The summed E-state index contributed by atoms with van der Waals surface area (Å²) in [6, 6.07) is 3.43. The Bertz CT molecular complexity index is 773. The Hall–Kier alpha value is -2.52. The zero-order chi connectivity index (χ0) is 20.2. The van der Waals surface area contributed by atoms with Crippen LogP contribution in [0.15, 0.2) is 30.7 Å². The van der Waals surface area contributed by atoms with E-state index in [1.54, 1.807) is 38.4 Å². The van der Waals surface area contributed by atoms with Gasteiger partial charge in [0, 0.05) is 25.6 Å². The average Bonchev–Trinajstić information content (AvgIpc) is 2.99. The first-order valence-electron chi connectivity index (χ1n) is 8.28. The highest BCUT2D eigenvalue weighted by Crippen LogP contribution is 2.39. The minimum atomic E-state index is -5.68. The minimum Gasteiger partial charge on any atom is -0.309 e. The first kappa shape index (κ1) is 20.8. The zero-order valence-electron chi connectivity index (χ0n) is 14.8. The Morgan fingerprint density at radius 3 is 2.52 bits per heavy atom. The number of carbonyl (C=O) groups is 1. The summed E-state index contributed by atoms with van der Waals surface area (Å²) in [4.78, 5) is 17.5. The normalized spacial score (nSPS) is 12.3. The van der Waals surface area contributed by atoms with E-state index in [2.05, 4.69) is 10.1 Å². The van der Waals surface area contributed by atoms with Gasteiger partial charge < -0.3 is 4.90 Å². The standard InChI is InChI=1S/C17H19F5N4O/c1-3-9-25(15(27)6-7-16(18,19)17(20,21)22)14-11-26(24-12(14)2)13-5-4-8-23-10-13/h4-5,8,10-11H,3,6-7,9H2,1-2H3. The molecule has 0 aromatic carbocycles. The molecule has 148 valence electrons. The molecule has 10 heteroatoms. The lowest BCUT2D eigenvalue weighted by molar-refractivity contribution is -0.284. The summed E-state index contributed by atoms with van der Waals surface area (Å²) in [5, 5.41) is 4.27. The largest absolute Gasteiger partial charge is 0.453 e. The number of halogens is 5. The molecule has 0 aliphatic heterocycles. The van der Waals surface area contributed by atoms with E-state index in [0.29, 0.717) is 23.5 Å². The van der Waals surface area contributed by atoms with Crippen molar-refractivity contribution in [2.24, 2.45) is 0 Å². The van der Waals surface area contributed by atoms with Crippen molar-refractivity contribution in [3.63, 3.8) is 0 Å². The van der Waals surface area contributed by atoms with E-state index < -0.39 is 30.8 Å². The monoisotopic (exact) mass is 390 g/mol. The molecule has 0 aliphatic rings. The van der Waals surface area contributed by atoms with Crippen LogP contribution >= 0.6 is 0 Å². The van der Waals surface area contributed by atoms with Gasteiger partial charge in [0.1, 0.15) is 0 Å². The van der Waals surface area contributed by atoms with Gasteiger partial charge in [0.15, 0.2) is 0 Å². The molecule has 27 heavy (non-hydrogen) atoms. The summed E-state index contributed by atoms with van der Waals surface area (Å²) >= 11 is 0. The second-order valence-electron chi connectivity index (χ2n) is 6.00. The molecule has 0 unspecified atom stereocenters. The highest BCUT2D eigenvalue weighted by atomic mass is 19.4. The molecule has 0 N–H and O–H groups in total. The molecule has 0 saturated carbocycles. The Labute approximate surface area is 152 Å². The molecular weight excluding hydrogens is 371 g/mol. The smallest absolute Gasteiger partial charge is 0.309 e. The highest BCUT2D eigenvalue weighted by Gasteiger charge is 2.57. The second-order valence-corrected chi connectivity index (χ2v) is 6.00. The molecule has 2 rings (SSSR count). The second kappa shape index (κ2) is 8.01. The van der Waals surface area contributed by atoms with Gasteiger partial charge >= 0.3 is 12.1 Å². The van der Waals surface area contributed by atoms with Crippen LogP contribution in [0.1, 0.15) is 31.9 Å². The summed E-state index contributed by atoms with van der Waals surface area (Å²) < 4.78 is 64.7.